The second-order valence-corrected chi connectivity index (χ2v) is 22.5. The topological polar surface area (TPSA) is 95.9 Å². The van der Waals surface area contributed by atoms with Crippen molar-refractivity contribution >= 4 is 11.9 Å². The molecule has 0 radical (unpaired) electrons. The minimum atomic E-state index is -0.857. The van der Waals surface area contributed by atoms with Crippen LogP contribution in [0.5, 0.6) is 0 Å². The van der Waals surface area contributed by atoms with E-state index in [4.69, 9.17) is 4.74 Å². The van der Waals surface area contributed by atoms with E-state index in [1.807, 2.05) is 6.08 Å². The molecule has 0 aromatic heterocycles. The molecule has 0 saturated carbocycles. The Kier molecular flexibility index (Phi) is 61.0. The zero-order valence-electron chi connectivity index (χ0n) is 49.1. The molecule has 0 aromatic rings. The molecule has 73 heavy (non-hydrogen) atoms. The number of hydrogen-bond acceptors (Lipinski definition) is 5. The maximum Gasteiger partial charge on any atom is 0.305 e. The van der Waals surface area contributed by atoms with E-state index < -0.39 is 12.1 Å². The van der Waals surface area contributed by atoms with E-state index in [2.05, 4.69) is 43.5 Å². The van der Waals surface area contributed by atoms with Gasteiger partial charge in [-0.25, -0.2) is 0 Å². The summed E-state index contributed by atoms with van der Waals surface area (Å²) in [4.78, 5) is 24.6. The minimum absolute atomic E-state index is 0.0124. The highest BCUT2D eigenvalue weighted by Gasteiger charge is 2.18. The number of esters is 1. The number of ether oxygens (including phenoxy) is 1. The maximum atomic E-state index is 12.5. The van der Waals surface area contributed by atoms with Gasteiger partial charge in [0.25, 0.3) is 0 Å². The van der Waals surface area contributed by atoms with Gasteiger partial charge in [0.1, 0.15) is 0 Å². The number of carbonyl (C=O) groups is 2. The highest BCUT2D eigenvalue weighted by Crippen LogP contribution is 2.18. The third-order valence-corrected chi connectivity index (χ3v) is 15.2. The molecule has 6 heteroatoms. The predicted molar refractivity (Wildman–Crippen MR) is 319 cm³/mol. The molecule has 0 fully saturated rings. The van der Waals surface area contributed by atoms with Gasteiger partial charge < -0.3 is 20.3 Å². The smallest absolute Gasteiger partial charge is 0.305 e. The van der Waals surface area contributed by atoms with Crippen molar-refractivity contribution in [1.29, 1.82) is 0 Å². The molecule has 0 bridgehead atoms. The normalized spacial score (nSPS) is 12.8. The van der Waals surface area contributed by atoms with Crippen LogP contribution in [0.15, 0.2) is 36.5 Å². The first kappa shape index (κ1) is 71.1. The maximum absolute atomic E-state index is 12.5. The van der Waals surface area contributed by atoms with Crippen LogP contribution in [0.3, 0.4) is 0 Å². The van der Waals surface area contributed by atoms with E-state index >= 15 is 0 Å². The van der Waals surface area contributed by atoms with Crippen LogP contribution in [0.2, 0.25) is 0 Å². The van der Waals surface area contributed by atoms with Crippen LogP contribution in [0.1, 0.15) is 354 Å². The zero-order chi connectivity index (χ0) is 52.9. The molecular weight excluding hydrogens is 899 g/mol. The molecule has 430 valence electrons. The van der Waals surface area contributed by atoms with Gasteiger partial charge >= 0.3 is 5.97 Å². The van der Waals surface area contributed by atoms with E-state index in [0.717, 1.165) is 83.5 Å². The Morgan fingerprint density at radius 1 is 0.384 bits per heavy atom. The summed E-state index contributed by atoms with van der Waals surface area (Å²) in [6, 6.07) is -0.641. The van der Waals surface area contributed by atoms with Gasteiger partial charge in [0.05, 0.1) is 25.4 Å². The lowest BCUT2D eigenvalue weighted by atomic mass is 10.0. The molecular formula is C67H127NO5. The third kappa shape index (κ3) is 59.2. The molecule has 6 nitrogen and oxygen atoms in total. The largest absolute Gasteiger partial charge is 0.466 e. The lowest BCUT2D eigenvalue weighted by molar-refractivity contribution is -0.143. The van der Waals surface area contributed by atoms with Crippen molar-refractivity contribution in [2.75, 3.05) is 13.2 Å². The summed E-state index contributed by atoms with van der Waals surface area (Å²) >= 11 is 0. The Morgan fingerprint density at radius 2 is 0.685 bits per heavy atom. The van der Waals surface area contributed by atoms with Crippen LogP contribution < -0.4 is 5.32 Å². The quantitative estimate of drug-likeness (QED) is 0.0320. The average molecular weight is 1030 g/mol. The van der Waals surface area contributed by atoms with Gasteiger partial charge in [0, 0.05) is 12.8 Å². The van der Waals surface area contributed by atoms with Crippen molar-refractivity contribution in [1.82, 2.24) is 5.32 Å². The Bertz CT molecular complexity index is 1180. The molecule has 0 aliphatic rings. The molecule has 0 saturated heterocycles. The first-order valence-corrected chi connectivity index (χ1v) is 32.8. The van der Waals surface area contributed by atoms with E-state index in [0.29, 0.717) is 19.4 Å². The highest BCUT2D eigenvalue weighted by atomic mass is 16.5. The average Bonchev–Trinajstić information content (AvgIpc) is 3.39. The van der Waals surface area contributed by atoms with E-state index in [-0.39, 0.29) is 18.5 Å². The van der Waals surface area contributed by atoms with Crippen molar-refractivity contribution in [3.63, 3.8) is 0 Å². The summed E-state index contributed by atoms with van der Waals surface area (Å²) in [6.45, 7) is 4.89. The summed E-state index contributed by atoms with van der Waals surface area (Å²) in [7, 11) is 0. The number of aliphatic hydroxyl groups is 2. The molecule has 2 atom stereocenters. The van der Waals surface area contributed by atoms with Crippen molar-refractivity contribution < 1.29 is 24.5 Å². The van der Waals surface area contributed by atoms with E-state index in [9.17, 15) is 19.8 Å². The molecule has 0 aliphatic carbocycles. The number of aliphatic hydroxyl groups excluding tert-OH is 2. The first-order valence-electron chi connectivity index (χ1n) is 32.8. The van der Waals surface area contributed by atoms with Gasteiger partial charge in [0.2, 0.25) is 5.91 Å². The standard InChI is InChI=1S/C67H127NO5/c1-3-5-7-9-11-13-15-17-19-21-22-23-24-25-26-28-31-35-39-43-47-51-55-59-65(70)64(63-69)68-66(71)60-56-52-48-44-40-36-32-29-27-30-34-38-42-46-50-54-58-62-73-67(72)61-57-53-49-45-41-37-33-20-18-16-14-12-10-8-6-4-2/h27,30,38,42,55,59,64-65,69-70H,3-26,28-29,31-37,39-41,43-54,56-58,60-63H2,1-2H3,(H,68,71)/b30-27-,42-38-,59-55+. The summed E-state index contributed by atoms with van der Waals surface area (Å²) in [5.41, 5.74) is 0. The first-order chi connectivity index (χ1) is 36.0. The molecule has 0 rings (SSSR count). The van der Waals surface area contributed by atoms with Crippen LogP contribution in [0.4, 0.5) is 0 Å². The van der Waals surface area contributed by atoms with Crippen molar-refractivity contribution in [2.24, 2.45) is 0 Å². The lowest BCUT2D eigenvalue weighted by Gasteiger charge is -2.20. The molecule has 2 unspecified atom stereocenters. The van der Waals surface area contributed by atoms with Crippen LogP contribution in [-0.4, -0.2) is 47.4 Å². The number of nitrogens with one attached hydrogen (secondary N) is 1. The number of rotatable bonds is 61. The van der Waals surface area contributed by atoms with Crippen LogP contribution in [0.25, 0.3) is 0 Å². The van der Waals surface area contributed by atoms with Gasteiger partial charge in [-0.3, -0.25) is 9.59 Å². The molecule has 0 heterocycles. The van der Waals surface area contributed by atoms with E-state index in [1.54, 1.807) is 6.08 Å². The van der Waals surface area contributed by atoms with Gasteiger partial charge in [-0.2, -0.15) is 0 Å². The second-order valence-electron chi connectivity index (χ2n) is 22.5. The van der Waals surface area contributed by atoms with Crippen molar-refractivity contribution in [2.45, 2.75) is 366 Å². The molecule has 3 N–H and O–H groups in total. The predicted octanol–water partition coefficient (Wildman–Crippen LogP) is 20.8. The lowest BCUT2D eigenvalue weighted by Crippen LogP contribution is -2.45. The Balaban J connectivity index is 3.51. The number of hydrogen-bond donors (Lipinski definition) is 3. The fourth-order valence-electron chi connectivity index (χ4n) is 10.1. The van der Waals surface area contributed by atoms with Gasteiger partial charge in [-0.15, -0.1) is 0 Å². The summed E-state index contributed by atoms with van der Waals surface area (Å²) in [5, 5.41) is 23.2. The Hall–Kier alpha value is -1.92. The van der Waals surface area contributed by atoms with Gasteiger partial charge in [-0.05, 0) is 70.6 Å². The SMILES string of the molecule is CCCCCCCCCCCCCCCCCCCCCCC/C=C/C(O)C(CO)NC(=O)CCCCCCCCC/C=C\C/C=C\CCCCCOC(=O)CCCCCCCCCCCCCCCCCC. The summed E-state index contributed by atoms with van der Waals surface area (Å²) in [6.07, 6.45) is 79.1. The number of carbonyl (C=O) groups excluding carboxylic acids is 2. The molecule has 0 spiro atoms. The Morgan fingerprint density at radius 3 is 1.04 bits per heavy atom. The monoisotopic (exact) mass is 1030 g/mol. The second kappa shape index (κ2) is 62.6. The van der Waals surface area contributed by atoms with Crippen molar-refractivity contribution in [3.05, 3.63) is 36.5 Å². The van der Waals surface area contributed by atoms with E-state index in [1.165, 1.54) is 244 Å². The van der Waals surface area contributed by atoms with Gasteiger partial charge in [-0.1, -0.05) is 307 Å². The van der Waals surface area contributed by atoms with Crippen molar-refractivity contribution in [3.8, 4) is 0 Å². The fraction of sp³-hybridized carbons (Fsp3) is 0.881. The zero-order valence-corrected chi connectivity index (χ0v) is 49.1. The van der Waals surface area contributed by atoms with Crippen LogP contribution in [-0.2, 0) is 14.3 Å². The number of allylic oxidation sites excluding steroid dienone is 5. The fourth-order valence-corrected chi connectivity index (χ4v) is 10.1. The number of unbranched alkanes of at least 4 members (excludes halogenated alkanes) is 46. The minimum Gasteiger partial charge on any atom is -0.466 e. The van der Waals surface area contributed by atoms with Crippen LogP contribution in [0, 0.1) is 0 Å². The Labute approximate surface area is 455 Å². The summed E-state index contributed by atoms with van der Waals surface area (Å²) in [5.74, 6) is -0.0934. The summed E-state index contributed by atoms with van der Waals surface area (Å²) < 4.78 is 5.47. The van der Waals surface area contributed by atoms with Crippen LogP contribution >= 0.6 is 0 Å². The third-order valence-electron chi connectivity index (χ3n) is 15.2. The molecule has 0 aliphatic heterocycles. The molecule has 1 amide bonds. The number of amides is 1. The van der Waals surface area contributed by atoms with Gasteiger partial charge in [0.15, 0.2) is 0 Å². The highest BCUT2D eigenvalue weighted by molar-refractivity contribution is 5.76. The molecule has 0 aromatic carbocycles.